The molecule has 0 saturated carbocycles. The zero-order valence-corrected chi connectivity index (χ0v) is 11.9. The van der Waals surface area contributed by atoms with Crippen LogP contribution < -0.4 is 4.74 Å². The minimum Gasteiger partial charge on any atom is -0.432 e. The third-order valence-electron chi connectivity index (χ3n) is 2.43. The molecule has 110 valence electrons. The Morgan fingerprint density at radius 1 is 1.33 bits per heavy atom. The number of nitro groups is 1. The molecule has 0 aliphatic carbocycles. The van der Waals surface area contributed by atoms with Crippen molar-refractivity contribution >= 4 is 17.3 Å². The van der Waals surface area contributed by atoms with Crippen molar-refractivity contribution in [2.45, 2.75) is 13.5 Å². The second-order valence-electron chi connectivity index (χ2n) is 3.91. The summed E-state index contributed by atoms with van der Waals surface area (Å²) in [5.41, 5.74) is -0.154. The Hall–Kier alpha value is -2.25. The molecule has 0 unspecified atom stereocenters. The molecular formula is C13H12ClN3O4. The van der Waals surface area contributed by atoms with Crippen LogP contribution in [0.4, 0.5) is 5.69 Å². The molecule has 0 bridgehead atoms. The zero-order valence-electron chi connectivity index (χ0n) is 11.2. The third-order valence-corrected chi connectivity index (χ3v) is 2.62. The third kappa shape index (κ3) is 4.11. The lowest BCUT2D eigenvalue weighted by atomic mass is 10.3. The summed E-state index contributed by atoms with van der Waals surface area (Å²) in [7, 11) is 0. The second-order valence-corrected chi connectivity index (χ2v) is 4.30. The van der Waals surface area contributed by atoms with E-state index in [-0.39, 0.29) is 29.1 Å². The highest BCUT2D eigenvalue weighted by molar-refractivity contribution is 6.29. The molecule has 0 spiro atoms. The Labute approximate surface area is 125 Å². The number of benzene rings is 1. The lowest BCUT2D eigenvalue weighted by Crippen LogP contribution is -2.01. The van der Waals surface area contributed by atoms with E-state index in [4.69, 9.17) is 21.1 Å². The van der Waals surface area contributed by atoms with Crippen molar-refractivity contribution in [3.8, 4) is 11.6 Å². The lowest BCUT2D eigenvalue weighted by Gasteiger charge is -2.07. The van der Waals surface area contributed by atoms with E-state index in [1.165, 1.54) is 18.2 Å². The summed E-state index contributed by atoms with van der Waals surface area (Å²) in [5, 5.41) is 11.1. The van der Waals surface area contributed by atoms with Crippen molar-refractivity contribution in [3.05, 3.63) is 51.4 Å². The fourth-order valence-electron chi connectivity index (χ4n) is 1.56. The predicted octanol–water partition coefficient (Wildman–Crippen LogP) is 3.37. The van der Waals surface area contributed by atoms with Crippen molar-refractivity contribution in [3.63, 3.8) is 0 Å². The topological polar surface area (TPSA) is 87.4 Å². The van der Waals surface area contributed by atoms with E-state index in [9.17, 15) is 10.1 Å². The van der Waals surface area contributed by atoms with Crippen LogP contribution >= 0.6 is 11.6 Å². The molecule has 0 radical (unpaired) electrons. The molecule has 0 aliphatic rings. The first kappa shape index (κ1) is 15.1. The van der Waals surface area contributed by atoms with E-state index in [0.29, 0.717) is 12.4 Å². The van der Waals surface area contributed by atoms with Crippen LogP contribution in [0.1, 0.15) is 12.7 Å². The van der Waals surface area contributed by atoms with Gasteiger partial charge in [0.2, 0.25) is 11.6 Å². The Balaban J connectivity index is 2.27. The van der Waals surface area contributed by atoms with Crippen LogP contribution in [0.15, 0.2) is 30.3 Å². The Kier molecular flexibility index (Phi) is 5.02. The van der Waals surface area contributed by atoms with Crippen molar-refractivity contribution in [1.82, 2.24) is 9.97 Å². The number of nitro benzene ring substituents is 1. The predicted molar refractivity (Wildman–Crippen MR) is 75.5 cm³/mol. The molecule has 7 nitrogen and oxygen atoms in total. The maximum Gasteiger partial charge on any atom is 0.311 e. The fraction of sp³-hybridized carbons (Fsp3) is 0.231. The van der Waals surface area contributed by atoms with Gasteiger partial charge in [0.25, 0.3) is 0 Å². The summed E-state index contributed by atoms with van der Waals surface area (Å²) in [4.78, 5) is 18.5. The fourth-order valence-corrected chi connectivity index (χ4v) is 1.75. The summed E-state index contributed by atoms with van der Waals surface area (Å²) in [6, 6.07) is 7.40. The normalized spacial score (nSPS) is 10.4. The van der Waals surface area contributed by atoms with E-state index in [1.54, 1.807) is 12.1 Å². The van der Waals surface area contributed by atoms with Crippen LogP contribution in [0.2, 0.25) is 5.15 Å². The molecule has 21 heavy (non-hydrogen) atoms. The summed E-state index contributed by atoms with van der Waals surface area (Å²) in [5.74, 6) is 0.552. The van der Waals surface area contributed by atoms with Crippen LogP contribution in [-0.4, -0.2) is 21.5 Å². The standard InChI is InChI=1S/C13H12ClN3O4/c1-2-20-8-12-15-11(14)7-13(16-12)21-10-6-4-3-5-9(10)17(18)19/h3-7H,2,8H2,1H3. The molecule has 0 fully saturated rings. The molecule has 2 rings (SSSR count). The molecule has 0 amide bonds. The van der Waals surface area contributed by atoms with E-state index in [0.717, 1.165) is 0 Å². The number of hydrogen-bond acceptors (Lipinski definition) is 6. The molecule has 0 saturated heterocycles. The molecule has 1 aromatic carbocycles. The van der Waals surface area contributed by atoms with E-state index in [1.807, 2.05) is 6.92 Å². The van der Waals surface area contributed by atoms with Gasteiger partial charge in [0.05, 0.1) is 4.92 Å². The van der Waals surface area contributed by atoms with E-state index >= 15 is 0 Å². The molecule has 2 aromatic rings. The summed E-state index contributed by atoms with van der Waals surface area (Å²) < 4.78 is 10.6. The van der Waals surface area contributed by atoms with E-state index in [2.05, 4.69) is 9.97 Å². The molecular weight excluding hydrogens is 298 g/mol. The average molecular weight is 310 g/mol. The number of halogens is 1. The van der Waals surface area contributed by atoms with Crippen molar-refractivity contribution < 1.29 is 14.4 Å². The maximum atomic E-state index is 10.9. The van der Waals surface area contributed by atoms with Gasteiger partial charge in [-0.3, -0.25) is 10.1 Å². The van der Waals surface area contributed by atoms with Crippen LogP contribution in [0.3, 0.4) is 0 Å². The molecule has 0 N–H and O–H groups in total. The maximum absolute atomic E-state index is 10.9. The minimum atomic E-state index is -0.529. The van der Waals surface area contributed by atoms with Crippen molar-refractivity contribution in [2.24, 2.45) is 0 Å². The van der Waals surface area contributed by atoms with Gasteiger partial charge in [-0.25, -0.2) is 4.98 Å². The van der Waals surface area contributed by atoms with E-state index < -0.39 is 4.92 Å². The molecule has 0 aliphatic heterocycles. The van der Waals surface area contributed by atoms with Crippen molar-refractivity contribution in [1.29, 1.82) is 0 Å². The van der Waals surface area contributed by atoms with Gasteiger partial charge in [-0.05, 0) is 13.0 Å². The monoisotopic (exact) mass is 309 g/mol. The number of ether oxygens (including phenoxy) is 2. The molecule has 0 atom stereocenters. The highest BCUT2D eigenvalue weighted by atomic mass is 35.5. The Morgan fingerprint density at radius 3 is 2.81 bits per heavy atom. The summed E-state index contributed by atoms with van der Waals surface area (Å²) in [6.07, 6.45) is 0. The van der Waals surface area contributed by atoms with Crippen LogP contribution in [0.25, 0.3) is 0 Å². The lowest BCUT2D eigenvalue weighted by molar-refractivity contribution is -0.385. The number of nitrogens with zero attached hydrogens (tertiary/aromatic N) is 3. The van der Waals surface area contributed by atoms with Gasteiger partial charge in [-0.2, -0.15) is 4.98 Å². The second kappa shape index (κ2) is 6.96. The summed E-state index contributed by atoms with van der Waals surface area (Å²) in [6.45, 7) is 2.54. The average Bonchev–Trinajstić information content (AvgIpc) is 2.45. The van der Waals surface area contributed by atoms with Gasteiger partial charge in [-0.1, -0.05) is 23.7 Å². The Bertz CT molecular complexity index is 651. The highest BCUT2D eigenvalue weighted by Crippen LogP contribution is 2.30. The first-order valence-electron chi connectivity index (χ1n) is 6.12. The summed E-state index contributed by atoms with van der Waals surface area (Å²) >= 11 is 5.88. The van der Waals surface area contributed by atoms with Crippen LogP contribution in [0, 0.1) is 10.1 Å². The van der Waals surface area contributed by atoms with Gasteiger partial charge in [0.15, 0.2) is 5.82 Å². The van der Waals surface area contributed by atoms with Crippen LogP contribution in [-0.2, 0) is 11.3 Å². The smallest absolute Gasteiger partial charge is 0.311 e. The number of hydrogen-bond donors (Lipinski definition) is 0. The van der Waals surface area contributed by atoms with Gasteiger partial charge in [0, 0.05) is 18.7 Å². The zero-order chi connectivity index (χ0) is 15.2. The van der Waals surface area contributed by atoms with Gasteiger partial charge in [0.1, 0.15) is 11.8 Å². The first-order chi connectivity index (χ1) is 10.1. The SMILES string of the molecule is CCOCc1nc(Cl)cc(Oc2ccccc2[N+](=O)[O-])n1. The van der Waals surface area contributed by atoms with Crippen molar-refractivity contribution in [2.75, 3.05) is 6.61 Å². The first-order valence-corrected chi connectivity index (χ1v) is 6.50. The quantitative estimate of drug-likeness (QED) is 0.462. The van der Waals surface area contributed by atoms with Crippen LogP contribution in [0.5, 0.6) is 11.6 Å². The minimum absolute atomic E-state index is 0.0830. The highest BCUT2D eigenvalue weighted by Gasteiger charge is 2.15. The van der Waals surface area contributed by atoms with Gasteiger partial charge < -0.3 is 9.47 Å². The molecule has 1 aromatic heterocycles. The Morgan fingerprint density at radius 2 is 2.10 bits per heavy atom. The van der Waals surface area contributed by atoms with Gasteiger partial charge >= 0.3 is 5.69 Å². The van der Waals surface area contributed by atoms with Gasteiger partial charge in [-0.15, -0.1) is 0 Å². The molecule has 1 heterocycles. The number of para-hydroxylation sites is 2. The number of rotatable bonds is 6. The number of aromatic nitrogens is 2. The molecule has 8 heteroatoms. The largest absolute Gasteiger partial charge is 0.432 e.